The number of halogens is 2. The number of methoxy groups -OCH3 is 1. The Morgan fingerprint density at radius 1 is 1.33 bits per heavy atom. The van der Waals surface area contributed by atoms with Crippen LogP contribution < -0.4 is 14.8 Å². The van der Waals surface area contributed by atoms with Gasteiger partial charge in [0.05, 0.1) is 19.3 Å². The van der Waals surface area contributed by atoms with Gasteiger partial charge < -0.3 is 14.8 Å². The summed E-state index contributed by atoms with van der Waals surface area (Å²) in [5.41, 5.74) is 1.96. The minimum absolute atomic E-state index is 0.0593. The third-order valence-corrected chi connectivity index (χ3v) is 3.94. The molecule has 3 rings (SSSR count). The van der Waals surface area contributed by atoms with Crippen molar-refractivity contribution in [2.24, 2.45) is 0 Å². The largest absolute Gasteiger partial charge is 0.494 e. The van der Waals surface area contributed by atoms with Gasteiger partial charge in [-0.15, -0.1) is 0 Å². The molecule has 0 saturated heterocycles. The van der Waals surface area contributed by atoms with E-state index in [4.69, 9.17) is 9.47 Å². The highest BCUT2D eigenvalue weighted by molar-refractivity contribution is 9.10. The molecule has 1 aliphatic rings. The summed E-state index contributed by atoms with van der Waals surface area (Å²) in [4.78, 5) is 0. The molecule has 2 aromatic carbocycles. The molecule has 0 aromatic heterocycles. The highest BCUT2D eigenvalue weighted by Gasteiger charge is 2.23. The monoisotopic (exact) mass is 351 g/mol. The van der Waals surface area contributed by atoms with Crippen LogP contribution in [0.1, 0.15) is 5.56 Å². The molecule has 1 unspecified atom stereocenters. The van der Waals surface area contributed by atoms with Gasteiger partial charge in [-0.1, -0.05) is 15.9 Å². The van der Waals surface area contributed by atoms with Crippen molar-refractivity contribution in [3.63, 3.8) is 0 Å². The van der Waals surface area contributed by atoms with Crippen LogP contribution in [0.5, 0.6) is 11.5 Å². The van der Waals surface area contributed by atoms with Crippen LogP contribution in [0.25, 0.3) is 0 Å². The fourth-order valence-corrected chi connectivity index (χ4v) is 2.85. The Morgan fingerprint density at radius 2 is 2.19 bits per heavy atom. The molecule has 21 heavy (non-hydrogen) atoms. The first-order valence-corrected chi connectivity index (χ1v) is 7.47. The lowest BCUT2D eigenvalue weighted by Gasteiger charge is -2.15. The van der Waals surface area contributed by atoms with Crippen LogP contribution in [0.15, 0.2) is 40.9 Å². The quantitative estimate of drug-likeness (QED) is 0.902. The van der Waals surface area contributed by atoms with Crippen molar-refractivity contribution in [3.05, 3.63) is 52.3 Å². The second-order valence-electron chi connectivity index (χ2n) is 4.92. The van der Waals surface area contributed by atoms with Gasteiger partial charge in [0.25, 0.3) is 0 Å². The Labute approximate surface area is 131 Å². The maximum Gasteiger partial charge on any atom is 0.144 e. The lowest BCUT2D eigenvalue weighted by molar-refractivity contribution is 0.246. The van der Waals surface area contributed by atoms with Crippen LogP contribution in [0.2, 0.25) is 0 Å². The lowest BCUT2D eigenvalue weighted by atomic mass is 10.1. The van der Waals surface area contributed by atoms with Gasteiger partial charge in [0.2, 0.25) is 0 Å². The molecule has 0 bridgehead atoms. The van der Waals surface area contributed by atoms with Gasteiger partial charge in [0, 0.05) is 17.0 Å². The number of hydrogen-bond acceptors (Lipinski definition) is 3. The topological polar surface area (TPSA) is 30.5 Å². The number of fused-ring (bicyclic) bond motifs is 1. The van der Waals surface area contributed by atoms with Crippen molar-refractivity contribution in [2.45, 2.75) is 12.5 Å². The number of ether oxygens (including phenoxy) is 2. The third-order valence-electron chi connectivity index (χ3n) is 3.45. The van der Waals surface area contributed by atoms with Gasteiger partial charge >= 0.3 is 0 Å². The minimum Gasteiger partial charge on any atom is -0.494 e. The van der Waals surface area contributed by atoms with Crippen LogP contribution in [-0.2, 0) is 6.42 Å². The van der Waals surface area contributed by atoms with E-state index in [2.05, 4.69) is 27.3 Å². The van der Waals surface area contributed by atoms with Crippen molar-refractivity contribution >= 4 is 21.6 Å². The standard InChI is InChI=1S/C16H15BrFNO2/c1-20-16-8-12(18)3-4-14(16)19-9-13-7-10-6-11(17)2-5-15(10)21-13/h2-6,8,13,19H,7,9H2,1H3. The lowest BCUT2D eigenvalue weighted by Crippen LogP contribution is -2.24. The Balaban J connectivity index is 1.65. The van der Waals surface area contributed by atoms with Crippen LogP contribution in [0, 0.1) is 5.82 Å². The van der Waals surface area contributed by atoms with Crippen LogP contribution in [-0.4, -0.2) is 19.8 Å². The maximum atomic E-state index is 13.2. The van der Waals surface area contributed by atoms with Crippen LogP contribution in [0.3, 0.4) is 0 Å². The third kappa shape index (κ3) is 3.13. The Hall–Kier alpha value is -1.75. The first-order chi connectivity index (χ1) is 10.2. The Morgan fingerprint density at radius 3 is 3.00 bits per heavy atom. The van der Waals surface area contributed by atoms with E-state index >= 15 is 0 Å². The first kappa shape index (κ1) is 14.2. The van der Waals surface area contributed by atoms with Crippen molar-refractivity contribution in [1.29, 1.82) is 0 Å². The van der Waals surface area contributed by atoms with Gasteiger partial charge in [-0.05, 0) is 35.9 Å². The molecule has 0 amide bonds. The highest BCUT2D eigenvalue weighted by Crippen LogP contribution is 2.32. The van der Waals surface area contributed by atoms with E-state index in [-0.39, 0.29) is 11.9 Å². The van der Waals surface area contributed by atoms with Gasteiger partial charge in [0.15, 0.2) is 0 Å². The molecule has 5 heteroatoms. The highest BCUT2D eigenvalue weighted by atomic mass is 79.9. The fourth-order valence-electron chi connectivity index (χ4n) is 2.44. The average molecular weight is 352 g/mol. The number of hydrogen-bond donors (Lipinski definition) is 1. The predicted molar refractivity (Wildman–Crippen MR) is 83.7 cm³/mol. The minimum atomic E-state index is -0.313. The second-order valence-corrected chi connectivity index (χ2v) is 5.84. The van der Waals surface area contributed by atoms with Gasteiger partial charge in [-0.25, -0.2) is 4.39 Å². The molecule has 1 N–H and O–H groups in total. The summed E-state index contributed by atoms with van der Waals surface area (Å²) in [5.74, 6) is 1.11. The molecule has 1 atom stereocenters. The van der Waals surface area contributed by atoms with Crippen LogP contribution >= 0.6 is 15.9 Å². The molecule has 110 valence electrons. The van der Waals surface area contributed by atoms with E-state index in [1.165, 1.54) is 24.8 Å². The molecular weight excluding hydrogens is 337 g/mol. The number of rotatable bonds is 4. The molecule has 0 radical (unpaired) electrons. The second kappa shape index (κ2) is 5.93. The zero-order chi connectivity index (χ0) is 14.8. The molecule has 1 heterocycles. The maximum absolute atomic E-state index is 13.2. The zero-order valence-corrected chi connectivity index (χ0v) is 13.1. The van der Waals surface area contributed by atoms with Gasteiger partial charge in [-0.3, -0.25) is 0 Å². The molecule has 0 saturated carbocycles. The summed E-state index contributed by atoms with van der Waals surface area (Å²) in [6, 6.07) is 10.5. The van der Waals surface area contributed by atoms with E-state index in [9.17, 15) is 4.39 Å². The van der Waals surface area contributed by atoms with Crippen molar-refractivity contribution in [3.8, 4) is 11.5 Å². The Kier molecular flexibility index (Phi) is 4.01. The predicted octanol–water partition coefficient (Wildman–Crippen LogP) is 4.01. The van der Waals surface area contributed by atoms with E-state index < -0.39 is 0 Å². The molecular formula is C16H15BrFNO2. The van der Waals surface area contributed by atoms with Gasteiger partial charge in [-0.2, -0.15) is 0 Å². The van der Waals surface area contributed by atoms with Crippen molar-refractivity contribution < 1.29 is 13.9 Å². The van der Waals surface area contributed by atoms with Crippen LogP contribution in [0.4, 0.5) is 10.1 Å². The molecule has 0 spiro atoms. The van der Waals surface area contributed by atoms with Crippen molar-refractivity contribution in [2.75, 3.05) is 19.0 Å². The summed E-state index contributed by atoms with van der Waals surface area (Å²) >= 11 is 3.46. The molecule has 3 nitrogen and oxygen atoms in total. The van der Waals surface area contributed by atoms with Gasteiger partial charge in [0.1, 0.15) is 23.4 Å². The summed E-state index contributed by atoms with van der Waals surface area (Å²) in [6.07, 6.45) is 0.912. The zero-order valence-electron chi connectivity index (χ0n) is 11.5. The number of nitrogens with one attached hydrogen (secondary N) is 1. The fraction of sp³-hybridized carbons (Fsp3) is 0.250. The molecule has 2 aromatic rings. The average Bonchev–Trinajstić information content (AvgIpc) is 2.87. The van der Waals surface area contributed by atoms with E-state index in [0.29, 0.717) is 12.3 Å². The summed E-state index contributed by atoms with van der Waals surface area (Å²) < 4.78 is 25.3. The molecule has 0 fully saturated rings. The van der Waals surface area contributed by atoms with Crippen molar-refractivity contribution in [1.82, 2.24) is 0 Å². The normalized spacial score (nSPS) is 16.2. The number of anilines is 1. The smallest absolute Gasteiger partial charge is 0.144 e. The molecule has 0 aliphatic carbocycles. The summed E-state index contributed by atoms with van der Waals surface area (Å²) in [7, 11) is 1.53. The summed E-state index contributed by atoms with van der Waals surface area (Å²) in [6.45, 7) is 0.633. The van der Waals surface area contributed by atoms with E-state index in [1.807, 2.05) is 12.1 Å². The summed E-state index contributed by atoms with van der Waals surface area (Å²) in [5, 5.41) is 3.25. The van der Waals surface area contributed by atoms with E-state index in [0.717, 1.165) is 22.3 Å². The molecule has 1 aliphatic heterocycles. The Bertz CT molecular complexity index is 663. The number of benzene rings is 2. The SMILES string of the molecule is COc1cc(F)ccc1NCC1Cc2cc(Br)ccc2O1. The first-order valence-electron chi connectivity index (χ1n) is 6.68. The van der Waals surface area contributed by atoms with E-state index in [1.54, 1.807) is 6.07 Å².